The minimum Gasteiger partial charge on any atom is -0.507 e. The Labute approximate surface area is 305 Å². The van der Waals surface area contributed by atoms with Crippen LogP contribution >= 0.6 is 11.6 Å². The minimum absolute atomic E-state index is 0.0271. The van der Waals surface area contributed by atoms with Crippen molar-refractivity contribution in [1.29, 1.82) is 0 Å². The summed E-state index contributed by atoms with van der Waals surface area (Å²) in [6, 6.07) is 26.9. The monoisotopic (exact) mass is 716 g/mol. The van der Waals surface area contributed by atoms with Crippen LogP contribution in [-0.4, -0.2) is 51.3 Å². The van der Waals surface area contributed by atoms with Gasteiger partial charge in [0.25, 0.3) is 0 Å². The van der Waals surface area contributed by atoms with Crippen molar-refractivity contribution in [2.45, 2.75) is 49.9 Å². The molecule has 2 saturated heterocycles. The van der Waals surface area contributed by atoms with Crippen molar-refractivity contribution in [2.75, 3.05) is 11.4 Å². The molecular formula is C42H37ClN2O7. The zero-order chi connectivity index (χ0) is 36.3. The number of allylic oxidation sites excluding steroid dienone is 2. The standard InChI is InChI=1S/C42H37ClN2O7/c43-25-12-9-13-26(22-25)45-39(50)33-23-32-30(17-18-31-36(32)40(51)44(38(31)49)21-8-2-5-16-35(47)48)37(42(33,41(45)52)24-10-3-1-4-11-24)29-19-20-34(46)28-15-7-6-14-27(28)29/h1,3-4,6-7,9-15,17,19-20,22,31-33,36-37,46H,2,5,8,16,18,21,23H2,(H,47,48). The number of likely N-dealkylation sites (tertiary alicyclic amines) is 1. The molecule has 0 spiro atoms. The zero-order valence-corrected chi connectivity index (χ0v) is 29.0. The number of hydrogen-bond acceptors (Lipinski definition) is 6. The quantitative estimate of drug-likeness (QED) is 0.108. The lowest BCUT2D eigenvalue weighted by Gasteiger charge is -2.51. The van der Waals surface area contributed by atoms with Crippen molar-refractivity contribution in [1.82, 2.24) is 4.90 Å². The molecule has 2 aliphatic carbocycles. The molecule has 0 bridgehead atoms. The van der Waals surface area contributed by atoms with E-state index >= 15 is 4.79 Å². The van der Waals surface area contributed by atoms with Gasteiger partial charge in [-0.25, -0.2) is 4.90 Å². The number of carboxylic acids is 1. The Morgan fingerprint density at radius 3 is 2.31 bits per heavy atom. The van der Waals surface area contributed by atoms with Gasteiger partial charge in [-0.3, -0.25) is 28.9 Å². The van der Waals surface area contributed by atoms with Crippen LogP contribution in [0.5, 0.6) is 5.75 Å². The fourth-order valence-corrected chi connectivity index (χ4v) is 9.84. The molecule has 52 heavy (non-hydrogen) atoms. The van der Waals surface area contributed by atoms with E-state index in [1.807, 2.05) is 66.7 Å². The maximum atomic E-state index is 15.5. The number of halogens is 1. The van der Waals surface area contributed by atoms with Gasteiger partial charge in [-0.1, -0.05) is 96.4 Å². The van der Waals surface area contributed by atoms with Crippen LogP contribution in [0.4, 0.5) is 5.69 Å². The van der Waals surface area contributed by atoms with Gasteiger partial charge in [0.2, 0.25) is 23.6 Å². The van der Waals surface area contributed by atoms with Gasteiger partial charge in [-0.05, 0) is 72.4 Å². The summed E-state index contributed by atoms with van der Waals surface area (Å²) >= 11 is 6.42. The molecule has 264 valence electrons. The van der Waals surface area contributed by atoms with Gasteiger partial charge < -0.3 is 10.2 Å². The highest BCUT2D eigenvalue weighted by Crippen LogP contribution is 2.65. The second-order valence-electron chi connectivity index (χ2n) is 14.3. The van der Waals surface area contributed by atoms with E-state index in [0.717, 1.165) is 16.5 Å². The number of unbranched alkanes of at least 4 members (excludes halogenated alkanes) is 2. The largest absolute Gasteiger partial charge is 0.507 e. The number of carbonyl (C=O) groups is 5. The Hall–Kier alpha value is -5.28. The van der Waals surface area contributed by atoms with Crippen LogP contribution in [0.25, 0.3) is 10.8 Å². The molecule has 4 aromatic rings. The molecule has 4 amide bonds. The Balaban J connectivity index is 1.31. The van der Waals surface area contributed by atoms with Crippen LogP contribution in [0.2, 0.25) is 5.02 Å². The lowest BCUT2D eigenvalue weighted by Crippen LogP contribution is -2.53. The number of anilines is 1. The second-order valence-corrected chi connectivity index (χ2v) is 14.8. The number of aromatic hydroxyl groups is 1. The smallest absolute Gasteiger partial charge is 0.303 e. The Bertz CT molecular complexity index is 2180. The highest BCUT2D eigenvalue weighted by atomic mass is 35.5. The van der Waals surface area contributed by atoms with Gasteiger partial charge in [0.1, 0.15) is 5.75 Å². The molecule has 6 unspecified atom stereocenters. The van der Waals surface area contributed by atoms with Gasteiger partial charge in [0.15, 0.2) is 0 Å². The first-order chi connectivity index (χ1) is 25.1. The number of benzene rings is 4. The minimum atomic E-state index is -1.43. The number of fused-ring (bicyclic) bond motifs is 5. The number of nitrogens with zero attached hydrogens (tertiary/aromatic N) is 2. The third-order valence-corrected chi connectivity index (χ3v) is 12.0. The molecule has 4 aliphatic rings. The van der Waals surface area contributed by atoms with Gasteiger partial charge >= 0.3 is 5.97 Å². The van der Waals surface area contributed by atoms with Gasteiger partial charge in [0.05, 0.1) is 28.9 Å². The number of phenols is 1. The average molecular weight is 717 g/mol. The normalized spacial score (nSPS) is 26.7. The molecule has 9 nitrogen and oxygen atoms in total. The predicted molar refractivity (Wildman–Crippen MR) is 195 cm³/mol. The Kier molecular flexibility index (Phi) is 8.49. The number of carboxylic acid groups (broad SMARTS) is 1. The number of rotatable bonds is 9. The predicted octanol–water partition coefficient (Wildman–Crippen LogP) is 7.01. The van der Waals surface area contributed by atoms with Gasteiger partial charge in [0, 0.05) is 29.3 Å². The molecule has 0 radical (unpaired) electrons. The van der Waals surface area contributed by atoms with Crippen LogP contribution < -0.4 is 4.90 Å². The SMILES string of the molecule is O=C(O)CCCCCN1C(=O)C2CC=C3C(CC4C(=O)N(c5cccc(Cl)c5)C(=O)C4(c4ccccc4)C3c3ccc(O)c4ccccc34)C2C1=O. The van der Waals surface area contributed by atoms with E-state index in [1.165, 1.54) is 9.80 Å². The average Bonchev–Trinajstić information content (AvgIpc) is 3.52. The lowest BCUT2D eigenvalue weighted by atomic mass is 9.49. The number of hydrogen-bond donors (Lipinski definition) is 2. The summed E-state index contributed by atoms with van der Waals surface area (Å²) in [5.74, 6) is -5.56. The van der Waals surface area contributed by atoms with Crippen LogP contribution in [0.1, 0.15) is 55.6 Å². The fraction of sp³-hybridized carbons (Fsp3) is 0.310. The van der Waals surface area contributed by atoms with Crippen LogP contribution in [0.3, 0.4) is 0 Å². The molecule has 1 saturated carbocycles. The van der Waals surface area contributed by atoms with Gasteiger partial charge in [-0.15, -0.1) is 0 Å². The van der Waals surface area contributed by atoms with E-state index in [-0.39, 0.29) is 37.0 Å². The van der Waals surface area contributed by atoms with Crippen LogP contribution in [0, 0.1) is 23.7 Å². The van der Waals surface area contributed by atoms with Crippen molar-refractivity contribution in [3.63, 3.8) is 0 Å². The molecule has 4 aromatic carbocycles. The number of imide groups is 2. The Morgan fingerprint density at radius 2 is 1.56 bits per heavy atom. The second kappa shape index (κ2) is 13.0. The highest BCUT2D eigenvalue weighted by molar-refractivity contribution is 6.32. The molecule has 0 aromatic heterocycles. The maximum Gasteiger partial charge on any atom is 0.303 e. The summed E-state index contributed by atoms with van der Waals surface area (Å²) in [4.78, 5) is 72.3. The molecule has 8 rings (SSSR count). The topological polar surface area (TPSA) is 132 Å². The molecule has 10 heteroatoms. The summed E-state index contributed by atoms with van der Waals surface area (Å²) < 4.78 is 0. The van der Waals surface area contributed by atoms with Crippen LogP contribution in [0.15, 0.2) is 103 Å². The summed E-state index contributed by atoms with van der Waals surface area (Å²) in [5, 5.41) is 21.7. The lowest BCUT2D eigenvalue weighted by molar-refractivity contribution is -0.141. The van der Waals surface area contributed by atoms with E-state index in [0.29, 0.717) is 47.3 Å². The van der Waals surface area contributed by atoms with Crippen molar-refractivity contribution < 1.29 is 34.2 Å². The van der Waals surface area contributed by atoms with E-state index in [9.17, 15) is 24.3 Å². The summed E-state index contributed by atoms with van der Waals surface area (Å²) in [6.45, 7) is 0.204. The maximum absolute atomic E-state index is 15.5. The summed E-state index contributed by atoms with van der Waals surface area (Å²) in [5.41, 5.74) is 1.19. The van der Waals surface area contributed by atoms with Crippen molar-refractivity contribution in [3.8, 4) is 5.75 Å². The first-order valence-corrected chi connectivity index (χ1v) is 18.2. The molecular weight excluding hydrogens is 680 g/mol. The van der Waals surface area contributed by atoms with E-state index < -0.39 is 52.8 Å². The molecule has 3 fully saturated rings. The van der Waals surface area contributed by atoms with Crippen LogP contribution in [-0.2, 0) is 29.4 Å². The highest BCUT2D eigenvalue weighted by Gasteiger charge is 2.70. The number of amides is 4. The van der Waals surface area contributed by atoms with E-state index in [2.05, 4.69) is 0 Å². The first kappa shape index (κ1) is 33.8. The van der Waals surface area contributed by atoms with Crippen molar-refractivity contribution in [2.24, 2.45) is 23.7 Å². The van der Waals surface area contributed by atoms with E-state index in [1.54, 1.807) is 30.3 Å². The summed E-state index contributed by atoms with van der Waals surface area (Å²) in [7, 11) is 0. The first-order valence-electron chi connectivity index (χ1n) is 17.8. The zero-order valence-electron chi connectivity index (χ0n) is 28.3. The summed E-state index contributed by atoms with van der Waals surface area (Å²) in [6.07, 6.45) is 4.06. The van der Waals surface area contributed by atoms with Crippen molar-refractivity contribution >= 4 is 57.7 Å². The van der Waals surface area contributed by atoms with Crippen molar-refractivity contribution in [3.05, 3.63) is 119 Å². The molecule has 6 atom stereocenters. The third kappa shape index (κ3) is 5.08. The number of aliphatic carboxylic acids is 1. The third-order valence-electron chi connectivity index (χ3n) is 11.8. The fourth-order valence-electron chi connectivity index (χ4n) is 9.66. The van der Waals surface area contributed by atoms with E-state index in [4.69, 9.17) is 16.7 Å². The molecule has 2 N–H and O–H groups in total. The van der Waals surface area contributed by atoms with Gasteiger partial charge in [-0.2, -0.15) is 0 Å². The number of phenolic OH excluding ortho intramolecular Hbond substituents is 1. The molecule has 2 aliphatic heterocycles. The molecule has 2 heterocycles. The Morgan fingerprint density at radius 1 is 0.808 bits per heavy atom. The number of carbonyl (C=O) groups excluding carboxylic acids is 4.